The van der Waals surface area contributed by atoms with Gasteiger partial charge in [-0.15, -0.1) is 0 Å². The maximum absolute atomic E-state index is 12.8. The largest absolute Gasteiger partial charge is 0.352 e. The molecule has 1 aliphatic carbocycles. The van der Waals surface area contributed by atoms with E-state index in [4.69, 9.17) is 0 Å². The zero-order valence-corrected chi connectivity index (χ0v) is 17.8. The van der Waals surface area contributed by atoms with Crippen molar-refractivity contribution in [1.82, 2.24) is 4.72 Å². The van der Waals surface area contributed by atoms with Gasteiger partial charge in [0.15, 0.2) is 5.78 Å². The van der Waals surface area contributed by atoms with Gasteiger partial charge in [-0.3, -0.25) is 14.4 Å². The van der Waals surface area contributed by atoms with Gasteiger partial charge in [-0.05, 0) is 43.3 Å². The normalized spacial score (nSPS) is 13.5. The highest BCUT2D eigenvalue weighted by atomic mass is 32.2. The lowest BCUT2D eigenvalue weighted by atomic mass is 9.88. The Hall–Kier alpha value is -4.04. The highest BCUT2D eigenvalue weighted by Crippen LogP contribution is 2.27. The minimum Gasteiger partial charge on any atom is -0.352 e. The van der Waals surface area contributed by atoms with Crippen molar-refractivity contribution in [2.45, 2.75) is 11.8 Å². The second-order valence-electron chi connectivity index (χ2n) is 7.15. The van der Waals surface area contributed by atoms with Crippen LogP contribution in [0, 0.1) is 0 Å². The van der Waals surface area contributed by atoms with E-state index in [1.54, 1.807) is 49.4 Å². The third-order valence-electron chi connectivity index (χ3n) is 5.06. The van der Waals surface area contributed by atoms with Crippen LogP contribution in [-0.4, -0.2) is 25.9 Å². The van der Waals surface area contributed by atoms with Gasteiger partial charge in [0.25, 0.3) is 15.9 Å². The van der Waals surface area contributed by atoms with E-state index in [-0.39, 0.29) is 33.3 Å². The van der Waals surface area contributed by atoms with E-state index in [9.17, 15) is 22.8 Å². The molecule has 0 aliphatic heterocycles. The van der Waals surface area contributed by atoms with Gasteiger partial charge in [0.1, 0.15) is 0 Å². The Labute approximate surface area is 184 Å². The van der Waals surface area contributed by atoms with Crippen molar-refractivity contribution in [3.63, 3.8) is 0 Å². The van der Waals surface area contributed by atoms with Gasteiger partial charge < -0.3 is 5.32 Å². The number of amides is 1. The Kier molecular flexibility index (Phi) is 5.46. The number of sulfonamides is 1. The van der Waals surface area contributed by atoms with Crippen molar-refractivity contribution in [3.8, 4) is 0 Å². The molecular weight excluding hydrogens is 428 g/mol. The fourth-order valence-electron chi connectivity index (χ4n) is 3.34. The maximum Gasteiger partial charge on any atom is 0.264 e. The summed E-state index contributed by atoms with van der Waals surface area (Å²) in [7, 11) is -4.09. The number of rotatable bonds is 5. The molecular formula is C24H18N2O5S. The molecule has 1 amide bonds. The second-order valence-corrected chi connectivity index (χ2v) is 8.84. The average molecular weight is 446 g/mol. The van der Waals surface area contributed by atoms with Crippen LogP contribution in [0.2, 0.25) is 0 Å². The van der Waals surface area contributed by atoms with E-state index >= 15 is 0 Å². The molecule has 2 N–H and O–H groups in total. The number of nitrogens with one attached hydrogen (secondary N) is 2. The Morgan fingerprint density at radius 1 is 0.750 bits per heavy atom. The zero-order chi connectivity index (χ0) is 22.9. The number of fused-ring (bicyclic) bond motifs is 1. The molecule has 0 heterocycles. The first-order chi connectivity index (χ1) is 15.3. The first-order valence-corrected chi connectivity index (χ1v) is 11.1. The minimum atomic E-state index is -4.09. The number of hydrogen-bond acceptors (Lipinski definition) is 6. The van der Waals surface area contributed by atoms with Crippen LogP contribution >= 0.6 is 0 Å². The van der Waals surface area contributed by atoms with Crippen molar-refractivity contribution in [2.24, 2.45) is 0 Å². The maximum atomic E-state index is 12.8. The van der Waals surface area contributed by atoms with Crippen LogP contribution in [-0.2, 0) is 10.0 Å². The highest BCUT2D eigenvalue weighted by molar-refractivity contribution is 7.90. The summed E-state index contributed by atoms with van der Waals surface area (Å²) < 4.78 is 27.1. The molecule has 0 unspecified atom stereocenters. The summed E-state index contributed by atoms with van der Waals surface area (Å²) in [5.74, 6) is -1.30. The predicted molar refractivity (Wildman–Crippen MR) is 119 cm³/mol. The number of ketones is 2. The van der Waals surface area contributed by atoms with Gasteiger partial charge in [0.2, 0.25) is 5.78 Å². The van der Waals surface area contributed by atoms with Gasteiger partial charge >= 0.3 is 0 Å². The Bertz CT molecular complexity index is 1380. The molecule has 0 fully saturated rings. The van der Waals surface area contributed by atoms with Crippen LogP contribution in [0.4, 0.5) is 5.69 Å². The standard InChI is InChI=1S/C24H18N2O5S/c1-15-21(23(28)20-10-6-5-9-19(20)22(15)27)25-17-11-13-18(14-12-17)32(30,31)26-24(29)16-7-3-2-4-8-16/h2-14,25H,1H3,(H,26,29). The van der Waals surface area contributed by atoms with Gasteiger partial charge in [0, 0.05) is 28.0 Å². The molecule has 0 bridgehead atoms. The molecule has 3 aromatic rings. The molecule has 8 heteroatoms. The average Bonchev–Trinajstić information content (AvgIpc) is 2.81. The van der Waals surface area contributed by atoms with E-state index < -0.39 is 15.9 Å². The Morgan fingerprint density at radius 3 is 1.94 bits per heavy atom. The lowest BCUT2D eigenvalue weighted by Crippen LogP contribution is -2.30. The second kappa shape index (κ2) is 8.24. The summed E-state index contributed by atoms with van der Waals surface area (Å²) in [5.41, 5.74) is 1.73. The SMILES string of the molecule is CC1=C(Nc2ccc(S(=O)(=O)NC(=O)c3ccccc3)cc2)C(=O)c2ccccc2C1=O. The first-order valence-electron chi connectivity index (χ1n) is 9.66. The van der Waals surface area contributed by atoms with Crippen LogP contribution in [0.5, 0.6) is 0 Å². The topological polar surface area (TPSA) is 109 Å². The molecule has 32 heavy (non-hydrogen) atoms. The lowest BCUT2D eigenvalue weighted by molar-refractivity contribution is 0.0976. The highest BCUT2D eigenvalue weighted by Gasteiger charge is 2.29. The Morgan fingerprint density at radius 2 is 1.31 bits per heavy atom. The Balaban J connectivity index is 1.54. The molecule has 7 nitrogen and oxygen atoms in total. The third kappa shape index (κ3) is 3.95. The monoisotopic (exact) mass is 446 g/mol. The number of allylic oxidation sites excluding steroid dienone is 2. The van der Waals surface area contributed by atoms with Crippen molar-refractivity contribution in [1.29, 1.82) is 0 Å². The smallest absolute Gasteiger partial charge is 0.264 e. The number of carbonyl (C=O) groups is 3. The molecule has 160 valence electrons. The van der Waals surface area contributed by atoms with Crippen LogP contribution in [0.1, 0.15) is 38.0 Å². The molecule has 0 aromatic heterocycles. The van der Waals surface area contributed by atoms with Crippen LogP contribution < -0.4 is 10.0 Å². The predicted octanol–water partition coefficient (Wildman–Crippen LogP) is 3.57. The lowest BCUT2D eigenvalue weighted by Gasteiger charge is -2.20. The quantitative estimate of drug-likeness (QED) is 0.620. The van der Waals surface area contributed by atoms with Gasteiger partial charge in [-0.25, -0.2) is 13.1 Å². The molecule has 0 atom stereocenters. The first kappa shape index (κ1) is 21.2. The number of hydrogen-bond donors (Lipinski definition) is 2. The van der Waals surface area contributed by atoms with Crippen molar-refractivity contribution in [2.75, 3.05) is 5.32 Å². The summed E-state index contributed by atoms with van der Waals surface area (Å²) in [6, 6.07) is 20.1. The van der Waals surface area contributed by atoms with Crippen LogP contribution in [0.3, 0.4) is 0 Å². The summed E-state index contributed by atoms with van der Waals surface area (Å²) in [5, 5.41) is 2.92. The van der Waals surface area contributed by atoms with E-state index in [1.807, 2.05) is 4.72 Å². The fourth-order valence-corrected chi connectivity index (χ4v) is 4.32. The summed E-state index contributed by atoms with van der Waals surface area (Å²) in [4.78, 5) is 37.5. The summed E-state index contributed by atoms with van der Waals surface area (Å²) >= 11 is 0. The van der Waals surface area contributed by atoms with Crippen LogP contribution in [0.15, 0.2) is 95.0 Å². The summed E-state index contributed by atoms with van der Waals surface area (Å²) in [6.07, 6.45) is 0. The molecule has 3 aromatic carbocycles. The number of anilines is 1. The van der Waals surface area contributed by atoms with Crippen molar-refractivity contribution < 1.29 is 22.8 Å². The van der Waals surface area contributed by atoms with Crippen molar-refractivity contribution >= 4 is 33.2 Å². The minimum absolute atomic E-state index is 0.116. The summed E-state index contributed by atoms with van der Waals surface area (Å²) in [6.45, 7) is 1.57. The number of Topliss-reactive ketones (excluding diaryl/α,β-unsaturated/α-hetero) is 2. The molecule has 0 saturated carbocycles. The van der Waals surface area contributed by atoms with Gasteiger partial charge in [-0.1, -0.05) is 42.5 Å². The van der Waals surface area contributed by atoms with E-state index in [2.05, 4.69) is 5.32 Å². The fraction of sp³-hybridized carbons (Fsp3) is 0.0417. The van der Waals surface area contributed by atoms with Gasteiger partial charge in [0.05, 0.1) is 10.6 Å². The number of carbonyl (C=O) groups excluding carboxylic acids is 3. The molecule has 0 spiro atoms. The molecule has 0 saturated heterocycles. The zero-order valence-electron chi connectivity index (χ0n) is 17.0. The van der Waals surface area contributed by atoms with Gasteiger partial charge in [-0.2, -0.15) is 0 Å². The van der Waals surface area contributed by atoms with E-state index in [0.29, 0.717) is 16.8 Å². The van der Waals surface area contributed by atoms with E-state index in [1.165, 1.54) is 36.4 Å². The number of benzene rings is 3. The molecule has 1 aliphatic rings. The van der Waals surface area contributed by atoms with Crippen LogP contribution in [0.25, 0.3) is 0 Å². The van der Waals surface area contributed by atoms with E-state index in [0.717, 1.165) is 0 Å². The third-order valence-corrected chi connectivity index (χ3v) is 6.40. The molecule has 0 radical (unpaired) electrons. The van der Waals surface area contributed by atoms with Crippen molar-refractivity contribution in [3.05, 3.63) is 107 Å². The molecule has 4 rings (SSSR count).